The van der Waals surface area contributed by atoms with Crippen LogP contribution in [-0.4, -0.2) is 57.8 Å². The molecule has 27 heavy (non-hydrogen) atoms. The van der Waals surface area contributed by atoms with Crippen molar-refractivity contribution >= 4 is 29.2 Å². The molecule has 1 aromatic heterocycles. The van der Waals surface area contributed by atoms with Crippen molar-refractivity contribution in [1.82, 2.24) is 9.88 Å². The Hall–Kier alpha value is -2.77. The largest absolute Gasteiger partial charge is 0.478 e. The van der Waals surface area contributed by atoms with E-state index < -0.39 is 11.6 Å². The number of amides is 1. The van der Waals surface area contributed by atoms with Gasteiger partial charge in [-0.05, 0) is 46.8 Å². The zero-order valence-electron chi connectivity index (χ0n) is 16.2. The number of hydrogen-bond donors (Lipinski definition) is 1. The van der Waals surface area contributed by atoms with E-state index in [0.29, 0.717) is 30.2 Å². The van der Waals surface area contributed by atoms with Crippen LogP contribution in [0.2, 0.25) is 0 Å². The number of benzene rings is 1. The predicted octanol–water partition coefficient (Wildman–Crippen LogP) is 3.36. The summed E-state index contributed by atoms with van der Waals surface area (Å²) in [5.41, 5.74) is 0.317. The molecule has 0 bridgehead atoms. The van der Waals surface area contributed by atoms with Gasteiger partial charge in [-0.15, -0.1) is 0 Å². The number of oxazole rings is 1. The minimum Gasteiger partial charge on any atom is -0.478 e. The summed E-state index contributed by atoms with van der Waals surface area (Å²) in [6.07, 6.45) is -0.341. The predicted molar refractivity (Wildman–Crippen MR) is 100 cm³/mol. The molecular formula is C19H25N3O5. The van der Waals surface area contributed by atoms with Crippen molar-refractivity contribution in [2.75, 3.05) is 18.0 Å². The molecule has 2 heterocycles. The Morgan fingerprint density at radius 2 is 1.85 bits per heavy atom. The fraction of sp³-hybridized carbons (Fsp3) is 0.526. The van der Waals surface area contributed by atoms with E-state index in [1.807, 2.05) is 39.5 Å². The molecule has 0 spiro atoms. The van der Waals surface area contributed by atoms with E-state index in [4.69, 9.17) is 9.15 Å². The molecule has 0 saturated carbocycles. The van der Waals surface area contributed by atoms with Gasteiger partial charge in [0.15, 0.2) is 5.58 Å². The van der Waals surface area contributed by atoms with Crippen LogP contribution in [0.4, 0.5) is 10.8 Å². The van der Waals surface area contributed by atoms with Crippen LogP contribution >= 0.6 is 0 Å². The van der Waals surface area contributed by atoms with E-state index in [0.717, 1.165) is 0 Å². The second kappa shape index (κ2) is 6.75. The number of carboxylic acid groups (broad SMARTS) is 1. The molecule has 1 N–H and O–H groups in total. The van der Waals surface area contributed by atoms with Gasteiger partial charge in [-0.25, -0.2) is 9.59 Å². The molecule has 3 rings (SSSR count). The third kappa shape index (κ3) is 3.84. The fourth-order valence-corrected chi connectivity index (χ4v) is 3.40. The maximum absolute atomic E-state index is 12.4. The minimum absolute atomic E-state index is 0.0670. The third-order valence-corrected chi connectivity index (χ3v) is 4.43. The lowest BCUT2D eigenvalue weighted by molar-refractivity contribution is 0.0189. The van der Waals surface area contributed by atoms with Gasteiger partial charge >= 0.3 is 12.1 Å². The molecule has 1 aliphatic heterocycles. The van der Waals surface area contributed by atoms with Crippen LogP contribution in [0.3, 0.4) is 0 Å². The number of rotatable bonds is 2. The number of ether oxygens (including phenoxy) is 1. The van der Waals surface area contributed by atoms with Crippen molar-refractivity contribution < 1.29 is 23.8 Å². The number of aromatic nitrogens is 1. The molecule has 1 aliphatic rings. The van der Waals surface area contributed by atoms with Crippen LogP contribution in [0.25, 0.3) is 11.1 Å². The van der Waals surface area contributed by atoms with Gasteiger partial charge in [-0.2, -0.15) is 4.98 Å². The van der Waals surface area contributed by atoms with Crippen LogP contribution < -0.4 is 4.90 Å². The standard InChI is InChI=1S/C19H25N3O5/c1-11-9-21(18(25)27-19(3,4)5)10-12(2)22(11)17-20-15-13(16(23)24)7-6-8-14(15)26-17/h6-8,11-12H,9-10H2,1-5H3,(H,23,24)/t11-,12-/m0/s1. The van der Waals surface area contributed by atoms with Gasteiger partial charge in [0.2, 0.25) is 0 Å². The summed E-state index contributed by atoms with van der Waals surface area (Å²) in [5, 5.41) is 9.34. The van der Waals surface area contributed by atoms with Gasteiger partial charge in [0, 0.05) is 25.2 Å². The zero-order valence-corrected chi connectivity index (χ0v) is 16.2. The molecule has 2 aromatic rings. The van der Waals surface area contributed by atoms with Crippen LogP contribution in [0.5, 0.6) is 0 Å². The lowest BCUT2D eigenvalue weighted by Gasteiger charge is -2.43. The van der Waals surface area contributed by atoms with E-state index in [1.165, 1.54) is 6.07 Å². The Bertz CT molecular complexity index is 858. The van der Waals surface area contributed by atoms with Crippen LogP contribution in [0, 0.1) is 0 Å². The Kier molecular flexibility index (Phi) is 4.75. The van der Waals surface area contributed by atoms with Crippen molar-refractivity contribution in [3.63, 3.8) is 0 Å². The Morgan fingerprint density at radius 1 is 1.22 bits per heavy atom. The van der Waals surface area contributed by atoms with E-state index >= 15 is 0 Å². The first kappa shape index (κ1) is 19.0. The first-order valence-electron chi connectivity index (χ1n) is 8.96. The van der Waals surface area contributed by atoms with Crippen LogP contribution in [0.1, 0.15) is 45.0 Å². The number of anilines is 1. The molecule has 8 nitrogen and oxygen atoms in total. The van der Waals surface area contributed by atoms with Crippen molar-refractivity contribution in [3.05, 3.63) is 23.8 Å². The normalized spacial score (nSPS) is 20.8. The fourth-order valence-electron chi connectivity index (χ4n) is 3.40. The minimum atomic E-state index is -1.05. The molecule has 8 heteroatoms. The Balaban J connectivity index is 1.85. The van der Waals surface area contributed by atoms with E-state index in [2.05, 4.69) is 4.98 Å². The summed E-state index contributed by atoms with van der Waals surface area (Å²) in [7, 11) is 0. The molecule has 2 atom stereocenters. The maximum Gasteiger partial charge on any atom is 0.410 e. The summed E-state index contributed by atoms with van der Waals surface area (Å²) in [6.45, 7) is 10.4. The molecule has 1 fully saturated rings. The number of carboxylic acids is 1. The summed E-state index contributed by atoms with van der Waals surface area (Å²) in [4.78, 5) is 31.9. The van der Waals surface area contributed by atoms with Crippen molar-refractivity contribution in [3.8, 4) is 0 Å². The van der Waals surface area contributed by atoms with Gasteiger partial charge in [0.1, 0.15) is 11.1 Å². The number of nitrogens with zero attached hydrogens (tertiary/aromatic N) is 3. The average Bonchev–Trinajstić information content (AvgIpc) is 2.95. The molecule has 1 saturated heterocycles. The molecule has 0 aliphatic carbocycles. The number of para-hydroxylation sites is 1. The monoisotopic (exact) mass is 375 g/mol. The number of hydrogen-bond acceptors (Lipinski definition) is 6. The summed E-state index contributed by atoms with van der Waals surface area (Å²) in [6, 6.07) is 5.07. The second-order valence-electron chi connectivity index (χ2n) is 7.94. The SMILES string of the molecule is C[C@H]1CN(C(=O)OC(C)(C)C)C[C@H](C)N1c1nc2c(C(=O)O)cccc2o1. The molecule has 1 aromatic carbocycles. The number of aromatic carboxylic acids is 1. The van der Waals surface area contributed by atoms with E-state index in [9.17, 15) is 14.7 Å². The van der Waals surface area contributed by atoms with Gasteiger partial charge in [0.05, 0.1) is 5.56 Å². The van der Waals surface area contributed by atoms with Crippen molar-refractivity contribution in [2.45, 2.75) is 52.3 Å². The van der Waals surface area contributed by atoms with Crippen molar-refractivity contribution in [1.29, 1.82) is 0 Å². The van der Waals surface area contributed by atoms with Crippen molar-refractivity contribution in [2.24, 2.45) is 0 Å². The highest BCUT2D eigenvalue weighted by molar-refractivity contribution is 6.00. The maximum atomic E-state index is 12.4. The van der Waals surface area contributed by atoms with Gasteiger partial charge < -0.3 is 24.1 Å². The molecule has 0 radical (unpaired) electrons. The zero-order chi connectivity index (χ0) is 19.9. The number of carbonyl (C=O) groups is 2. The second-order valence-corrected chi connectivity index (χ2v) is 7.94. The summed E-state index contributed by atoms with van der Waals surface area (Å²) in [5.74, 6) is -1.05. The van der Waals surface area contributed by atoms with Crippen LogP contribution in [0.15, 0.2) is 22.6 Å². The van der Waals surface area contributed by atoms with Gasteiger partial charge in [-0.1, -0.05) is 6.07 Å². The lowest BCUT2D eigenvalue weighted by atomic mass is 10.1. The van der Waals surface area contributed by atoms with E-state index in [1.54, 1.807) is 17.0 Å². The van der Waals surface area contributed by atoms with Crippen LogP contribution in [-0.2, 0) is 4.74 Å². The highest BCUT2D eigenvalue weighted by Crippen LogP contribution is 2.29. The summed E-state index contributed by atoms with van der Waals surface area (Å²) >= 11 is 0. The van der Waals surface area contributed by atoms with Gasteiger partial charge in [0.25, 0.3) is 6.01 Å². The number of fused-ring (bicyclic) bond motifs is 1. The third-order valence-electron chi connectivity index (χ3n) is 4.43. The van der Waals surface area contributed by atoms with E-state index in [-0.39, 0.29) is 23.7 Å². The highest BCUT2D eigenvalue weighted by atomic mass is 16.6. The first-order valence-corrected chi connectivity index (χ1v) is 8.96. The molecule has 1 amide bonds. The summed E-state index contributed by atoms with van der Waals surface area (Å²) < 4.78 is 11.3. The smallest absolute Gasteiger partial charge is 0.410 e. The molecular weight excluding hydrogens is 350 g/mol. The lowest BCUT2D eigenvalue weighted by Crippen LogP contribution is -2.59. The topological polar surface area (TPSA) is 96.1 Å². The first-order chi connectivity index (χ1) is 12.6. The average molecular weight is 375 g/mol. The van der Waals surface area contributed by atoms with Gasteiger partial charge in [-0.3, -0.25) is 0 Å². The molecule has 146 valence electrons. The highest BCUT2D eigenvalue weighted by Gasteiger charge is 2.36. The number of carbonyl (C=O) groups excluding carboxylic acids is 1. The Labute approximate surface area is 157 Å². The Morgan fingerprint density at radius 3 is 2.41 bits per heavy atom. The number of piperazine rings is 1. The quantitative estimate of drug-likeness (QED) is 0.860. The molecule has 0 unspecified atom stereocenters.